The van der Waals surface area contributed by atoms with E-state index in [4.69, 9.17) is 27.9 Å². The van der Waals surface area contributed by atoms with Crippen LogP contribution in [0.1, 0.15) is 25.3 Å². The molecule has 0 heterocycles. The highest BCUT2D eigenvalue weighted by Crippen LogP contribution is 2.40. The maximum absolute atomic E-state index is 13.1. The van der Waals surface area contributed by atoms with Crippen LogP contribution in [0, 0.1) is 5.92 Å². The predicted octanol–water partition coefficient (Wildman–Crippen LogP) is 6.76. The van der Waals surface area contributed by atoms with Crippen molar-refractivity contribution in [2.45, 2.75) is 25.9 Å². The van der Waals surface area contributed by atoms with E-state index in [2.05, 4.69) is 10.6 Å². The number of carbonyl (C=O) groups is 1. The number of hydrogen-bond donors (Lipinski definition) is 2. The second-order valence-electron chi connectivity index (χ2n) is 6.92. The molecule has 0 aromatic heterocycles. The number of rotatable bonds is 3. The lowest BCUT2D eigenvalue weighted by atomic mass is 9.83. The molecule has 9 heteroatoms. The lowest BCUT2D eigenvalue weighted by Crippen LogP contribution is -2.32. The molecule has 0 spiro atoms. The minimum absolute atomic E-state index is 0.0408. The fourth-order valence-electron chi connectivity index (χ4n) is 3.46. The minimum atomic E-state index is -4.63. The first-order valence-corrected chi connectivity index (χ1v) is 9.84. The average molecular weight is 459 g/mol. The van der Waals surface area contributed by atoms with Crippen molar-refractivity contribution in [3.05, 3.63) is 74.6 Å². The topological polar surface area (TPSA) is 50.4 Å². The molecule has 1 atom stereocenters. The van der Waals surface area contributed by atoms with Crippen LogP contribution in [0.3, 0.4) is 0 Å². The SMILES string of the molecule is COC1=CCCC2C(C)=CC(Cl)=C(NC(=O)Nc3ccc(Cl)c(C(F)(F)F)c3)C2=C1. The van der Waals surface area contributed by atoms with E-state index in [1.807, 2.05) is 19.1 Å². The number of fused-ring (bicyclic) bond motifs is 1. The summed E-state index contributed by atoms with van der Waals surface area (Å²) in [5, 5.41) is 4.95. The smallest absolute Gasteiger partial charge is 0.417 e. The molecular formula is C21H19Cl2F3N2O2. The number of alkyl halides is 3. The van der Waals surface area contributed by atoms with E-state index in [0.29, 0.717) is 16.5 Å². The molecule has 2 aliphatic carbocycles. The molecule has 2 N–H and O–H groups in total. The quantitative estimate of drug-likeness (QED) is 0.525. The Morgan fingerprint density at radius 2 is 1.93 bits per heavy atom. The summed E-state index contributed by atoms with van der Waals surface area (Å²) < 4.78 is 44.5. The first-order valence-electron chi connectivity index (χ1n) is 9.09. The van der Waals surface area contributed by atoms with Crippen LogP contribution in [-0.4, -0.2) is 13.1 Å². The number of hydrogen-bond acceptors (Lipinski definition) is 2. The summed E-state index contributed by atoms with van der Waals surface area (Å²) >= 11 is 12.0. The normalized spacial score (nSPS) is 19.2. The number of halogens is 5. The number of methoxy groups -OCH3 is 1. The van der Waals surface area contributed by atoms with E-state index in [9.17, 15) is 18.0 Å². The summed E-state index contributed by atoms with van der Waals surface area (Å²) in [4.78, 5) is 12.5. The largest absolute Gasteiger partial charge is 0.497 e. The van der Waals surface area contributed by atoms with E-state index in [-0.39, 0.29) is 11.6 Å². The predicted molar refractivity (Wildman–Crippen MR) is 111 cm³/mol. The second-order valence-corrected chi connectivity index (χ2v) is 7.74. The van der Waals surface area contributed by atoms with Gasteiger partial charge in [0.1, 0.15) is 5.76 Å². The average Bonchev–Trinajstić information content (AvgIpc) is 2.88. The summed E-state index contributed by atoms with van der Waals surface area (Å²) in [5.41, 5.74) is 1.15. The standard InChI is InChI=1S/C21H19Cl2F3N2O2/c1-11-8-18(23)19(15-10-13(30-2)4-3-5-14(11)15)28-20(29)27-12-6-7-17(22)16(9-12)21(24,25)26/h4,6-10,14H,3,5H2,1-2H3,(H2,27,28,29). The number of ether oxygens (including phenoxy) is 1. The highest BCUT2D eigenvalue weighted by atomic mass is 35.5. The Morgan fingerprint density at radius 3 is 2.60 bits per heavy atom. The van der Waals surface area contributed by atoms with Gasteiger partial charge in [-0.3, -0.25) is 0 Å². The third-order valence-electron chi connectivity index (χ3n) is 4.91. The number of benzene rings is 1. The Hall–Kier alpha value is -2.38. The molecule has 0 saturated carbocycles. The van der Waals surface area contributed by atoms with Crippen LogP contribution in [0.15, 0.2) is 64.1 Å². The van der Waals surface area contributed by atoms with Gasteiger partial charge < -0.3 is 15.4 Å². The van der Waals surface area contributed by atoms with Crippen LogP contribution in [0.4, 0.5) is 23.7 Å². The number of anilines is 1. The second kappa shape index (κ2) is 8.78. The highest BCUT2D eigenvalue weighted by molar-refractivity contribution is 6.32. The van der Waals surface area contributed by atoms with E-state index in [1.165, 1.54) is 6.07 Å². The Kier molecular flexibility index (Phi) is 6.53. The molecule has 2 aliphatic rings. The van der Waals surface area contributed by atoms with Gasteiger partial charge in [-0.05, 0) is 61.8 Å². The molecule has 0 radical (unpaired) electrons. The van der Waals surface area contributed by atoms with Crippen molar-refractivity contribution in [2.75, 3.05) is 12.4 Å². The Morgan fingerprint density at radius 1 is 1.20 bits per heavy atom. The van der Waals surface area contributed by atoms with E-state index in [1.54, 1.807) is 13.2 Å². The van der Waals surface area contributed by atoms with Crippen LogP contribution in [0.5, 0.6) is 0 Å². The minimum Gasteiger partial charge on any atom is -0.497 e. The zero-order valence-electron chi connectivity index (χ0n) is 16.2. The van der Waals surface area contributed by atoms with Crippen molar-refractivity contribution in [3.8, 4) is 0 Å². The first-order chi connectivity index (χ1) is 14.1. The molecule has 160 valence electrons. The molecule has 0 bridgehead atoms. The van der Waals surface area contributed by atoms with Crippen molar-refractivity contribution in [1.82, 2.24) is 5.32 Å². The van der Waals surface area contributed by atoms with Crippen LogP contribution in [0.25, 0.3) is 0 Å². The van der Waals surface area contributed by atoms with Gasteiger partial charge in [-0.25, -0.2) is 4.79 Å². The molecule has 2 amide bonds. The number of carbonyl (C=O) groups excluding carboxylic acids is 1. The third kappa shape index (κ3) is 4.84. The highest BCUT2D eigenvalue weighted by Gasteiger charge is 2.33. The van der Waals surface area contributed by atoms with Crippen molar-refractivity contribution < 1.29 is 22.7 Å². The van der Waals surface area contributed by atoms with Crippen molar-refractivity contribution in [1.29, 1.82) is 0 Å². The maximum atomic E-state index is 13.1. The zero-order valence-corrected chi connectivity index (χ0v) is 17.7. The maximum Gasteiger partial charge on any atom is 0.417 e. The summed E-state index contributed by atoms with van der Waals surface area (Å²) in [5.74, 6) is 0.693. The lowest BCUT2D eigenvalue weighted by Gasteiger charge is -2.27. The van der Waals surface area contributed by atoms with Crippen molar-refractivity contribution in [3.63, 3.8) is 0 Å². The summed E-state index contributed by atoms with van der Waals surface area (Å²) in [6.45, 7) is 1.96. The van der Waals surface area contributed by atoms with Gasteiger partial charge in [0.25, 0.3) is 0 Å². The summed E-state index contributed by atoms with van der Waals surface area (Å²) in [6.07, 6.45) is 2.52. The third-order valence-corrected chi connectivity index (χ3v) is 5.54. The Labute approximate surface area is 182 Å². The van der Waals surface area contributed by atoms with Gasteiger partial charge in [0, 0.05) is 11.6 Å². The monoisotopic (exact) mass is 458 g/mol. The number of nitrogens with one attached hydrogen (secondary N) is 2. The van der Waals surface area contributed by atoms with Gasteiger partial charge in [0.05, 0.1) is 28.4 Å². The number of allylic oxidation sites excluding steroid dienone is 6. The molecule has 4 nitrogen and oxygen atoms in total. The molecule has 0 aliphatic heterocycles. The van der Waals surface area contributed by atoms with Crippen molar-refractivity contribution in [2.24, 2.45) is 5.92 Å². The lowest BCUT2D eigenvalue weighted by molar-refractivity contribution is -0.137. The molecule has 1 aromatic carbocycles. The van der Waals surface area contributed by atoms with Gasteiger partial charge in [-0.1, -0.05) is 28.8 Å². The zero-order chi connectivity index (χ0) is 22.1. The summed E-state index contributed by atoms with van der Waals surface area (Å²) in [6, 6.07) is 2.43. The number of amides is 2. The van der Waals surface area contributed by atoms with Gasteiger partial charge >= 0.3 is 12.2 Å². The molecule has 0 saturated heterocycles. The molecule has 1 unspecified atom stereocenters. The molecule has 30 heavy (non-hydrogen) atoms. The van der Waals surface area contributed by atoms with Gasteiger partial charge in [-0.15, -0.1) is 0 Å². The Balaban J connectivity index is 1.86. The fourth-order valence-corrected chi connectivity index (χ4v) is 4.01. The molecular weight excluding hydrogens is 440 g/mol. The first kappa shape index (κ1) is 22.3. The van der Waals surface area contributed by atoms with Crippen molar-refractivity contribution >= 4 is 34.9 Å². The van der Waals surface area contributed by atoms with Crippen LogP contribution < -0.4 is 10.6 Å². The van der Waals surface area contributed by atoms with Gasteiger partial charge in [-0.2, -0.15) is 13.2 Å². The molecule has 1 aromatic rings. The number of urea groups is 1. The van der Waals surface area contributed by atoms with E-state index in [0.717, 1.165) is 36.1 Å². The van der Waals surface area contributed by atoms with E-state index >= 15 is 0 Å². The molecule has 3 rings (SSSR count). The van der Waals surface area contributed by atoms with Gasteiger partial charge in [0.2, 0.25) is 0 Å². The van der Waals surface area contributed by atoms with Crippen LogP contribution >= 0.6 is 23.2 Å². The van der Waals surface area contributed by atoms with E-state index < -0.39 is 22.8 Å². The molecule has 0 fully saturated rings. The Bertz CT molecular complexity index is 994. The van der Waals surface area contributed by atoms with Crippen LogP contribution in [-0.2, 0) is 10.9 Å². The van der Waals surface area contributed by atoms with Gasteiger partial charge in [0.15, 0.2) is 0 Å². The van der Waals surface area contributed by atoms with Crippen LogP contribution in [0.2, 0.25) is 5.02 Å². The summed E-state index contributed by atoms with van der Waals surface area (Å²) in [7, 11) is 1.55. The fraction of sp³-hybridized carbons (Fsp3) is 0.286.